The van der Waals surface area contributed by atoms with Crippen LogP contribution in [0.5, 0.6) is 0 Å². The maximum atomic E-state index is 12.4. The van der Waals surface area contributed by atoms with Gasteiger partial charge < -0.3 is 10.2 Å². The van der Waals surface area contributed by atoms with Gasteiger partial charge in [0.15, 0.2) is 0 Å². The minimum atomic E-state index is -0.0936. The number of benzene rings is 1. The molecule has 1 amide bonds. The molecule has 2 aromatic heterocycles. The Morgan fingerprint density at radius 3 is 2.60 bits per heavy atom. The van der Waals surface area contributed by atoms with E-state index in [2.05, 4.69) is 30.5 Å². The van der Waals surface area contributed by atoms with Crippen LogP contribution in [0.4, 0.5) is 5.82 Å². The minimum absolute atomic E-state index is 0.0936. The van der Waals surface area contributed by atoms with Gasteiger partial charge >= 0.3 is 0 Å². The number of amides is 1. The SMILES string of the molecule is CC(C(=O)NC1CC1)N1CCN(c2ncnc3scc(-c4ccc(Cl)cc4)c23)CC1. The molecule has 8 heteroatoms. The van der Waals surface area contributed by atoms with Gasteiger partial charge in [-0.3, -0.25) is 9.69 Å². The first-order valence-corrected chi connectivity index (χ1v) is 11.6. The van der Waals surface area contributed by atoms with Crippen molar-refractivity contribution in [2.24, 2.45) is 0 Å². The maximum absolute atomic E-state index is 12.4. The summed E-state index contributed by atoms with van der Waals surface area (Å²) in [5.41, 5.74) is 2.26. The number of nitrogens with one attached hydrogen (secondary N) is 1. The number of hydrogen-bond donors (Lipinski definition) is 1. The van der Waals surface area contributed by atoms with Gasteiger partial charge in [0, 0.05) is 48.2 Å². The van der Waals surface area contributed by atoms with E-state index in [1.807, 2.05) is 31.2 Å². The second-order valence-electron chi connectivity index (χ2n) is 8.02. The summed E-state index contributed by atoms with van der Waals surface area (Å²) in [4.78, 5) is 27.1. The third-order valence-corrected chi connectivity index (χ3v) is 7.11. The molecule has 1 aliphatic heterocycles. The van der Waals surface area contributed by atoms with Crippen molar-refractivity contribution in [1.82, 2.24) is 20.2 Å². The molecule has 0 spiro atoms. The number of piperazine rings is 1. The van der Waals surface area contributed by atoms with E-state index in [-0.39, 0.29) is 11.9 Å². The molecule has 1 saturated carbocycles. The number of fused-ring (bicyclic) bond motifs is 1. The van der Waals surface area contributed by atoms with Crippen molar-refractivity contribution >= 4 is 44.9 Å². The lowest BCUT2D eigenvalue weighted by Crippen LogP contribution is -2.54. The number of carbonyl (C=O) groups is 1. The Hall–Kier alpha value is -2.22. The topological polar surface area (TPSA) is 61.4 Å². The lowest BCUT2D eigenvalue weighted by Gasteiger charge is -2.38. The van der Waals surface area contributed by atoms with Crippen molar-refractivity contribution < 1.29 is 4.79 Å². The predicted molar refractivity (Wildman–Crippen MR) is 122 cm³/mol. The Balaban J connectivity index is 1.36. The number of halogens is 1. The summed E-state index contributed by atoms with van der Waals surface area (Å²) in [6.07, 6.45) is 3.89. The van der Waals surface area contributed by atoms with Crippen molar-refractivity contribution in [3.05, 3.63) is 41.0 Å². The summed E-state index contributed by atoms with van der Waals surface area (Å²) in [7, 11) is 0. The van der Waals surface area contributed by atoms with Crippen LogP contribution in [-0.2, 0) is 4.79 Å². The number of aromatic nitrogens is 2. The molecule has 0 radical (unpaired) electrons. The molecular formula is C22H24ClN5OS. The van der Waals surface area contributed by atoms with E-state index >= 15 is 0 Å². The fourth-order valence-electron chi connectivity index (χ4n) is 3.98. The van der Waals surface area contributed by atoms with Crippen LogP contribution < -0.4 is 10.2 Å². The van der Waals surface area contributed by atoms with Gasteiger partial charge in [-0.1, -0.05) is 23.7 Å². The first-order chi connectivity index (χ1) is 14.6. The molecule has 6 nitrogen and oxygen atoms in total. The average Bonchev–Trinajstić information content (AvgIpc) is 3.48. The molecule has 1 saturated heterocycles. The molecule has 2 fully saturated rings. The van der Waals surface area contributed by atoms with Crippen LogP contribution in [0.25, 0.3) is 21.3 Å². The van der Waals surface area contributed by atoms with Crippen molar-refractivity contribution in [3.63, 3.8) is 0 Å². The summed E-state index contributed by atoms with van der Waals surface area (Å²) in [6.45, 7) is 5.36. The summed E-state index contributed by atoms with van der Waals surface area (Å²) in [5, 5.41) is 7.09. The highest BCUT2D eigenvalue weighted by Gasteiger charge is 2.30. The van der Waals surface area contributed by atoms with E-state index in [4.69, 9.17) is 11.6 Å². The highest BCUT2D eigenvalue weighted by molar-refractivity contribution is 7.17. The Kier molecular flexibility index (Phi) is 5.35. The fraction of sp³-hybridized carbons (Fsp3) is 0.409. The number of rotatable bonds is 5. The van der Waals surface area contributed by atoms with Crippen molar-refractivity contribution in [2.45, 2.75) is 31.8 Å². The molecule has 1 unspecified atom stereocenters. The van der Waals surface area contributed by atoms with Gasteiger partial charge in [-0.05, 0) is 37.5 Å². The van der Waals surface area contributed by atoms with Crippen LogP contribution in [0, 0.1) is 0 Å². The highest BCUT2D eigenvalue weighted by Crippen LogP contribution is 2.38. The lowest BCUT2D eigenvalue weighted by molar-refractivity contribution is -0.126. The van der Waals surface area contributed by atoms with Crippen molar-refractivity contribution in [2.75, 3.05) is 31.1 Å². The van der Waals surface area contributed by atoms with Crippen LogP contribution in [0.2, 0.25) is 5.02 Å². The molecule has 30 heavy (non-hydrogen) atoms. The maximum Gasteiger partial charge on any atom is 0.237 e. The molecule has 3 heterocycles. The zero-order chi connectivity index (χ0) is 20.7. The molecule has 3 aromatic rings. The van der Waals surface area contributed by atoms with Gasteiger partial charge in [0.2, 0.25) is 5.91 Å². The predicted octanol–water partition coefficient (Wildman–Crippen LogP) is 3.80. The zero-order valence-corrected chi connectivity index (χ0v) is 18.4. The first kappa shape index (κ1) is 19.7. The average molecular weight is 442 g/mol. The quantitative estimate of drug-likeness (QED) is 0.652. The molecule has 1 atom stereocenters. The molecular weight excluding hydrogens is 418 g/mol. The first-order valence-electron chi connectivity index (χ1n) is 10.4. The van der Waals surface area contributed by atoms with Crippen LogP contribution in [0.1, 0.15) is 19.8 Å². The van der Waals surface area contributed by atoms with Crippen LogP contribution in [0.3, 0.4) is 0 Å². The molecule has 156 valence electrons. The van der Waals surface area contributed by atoms with Gasteiger partial charge in [-0.2, -0.15) is 0 Å². The van der Waals surface area contributed by atoms with Gasteiger partial charge in [0.05, 0.1) is 11.4 Å². The Labute approximate surface area is 184 Å². The number of thiophene rings is 1. The summed E-state index contributed by atoms with van der Waals surface area (Å²) in [5.74, 6) is 1.12. The van der Waals surface area contributed by atoms with E-state index in [9.17, 15) is 4.79 Å². The fourth-order valence-corrected chi connectivity index (χ4v) is 5.01. The largest absolute Gasteiger partial charge is 0.353 e. The molecule has 5 rings (SSSR count). The number of carbonyl (C=O) groups excluding carboxylic acids is 1. The molecule has 1 aromatic carbocycles. The molecule has 1 N–H and O–H groups in total. The monoisotopic (exact) mass is 441 g/mol. The van der Waals surface area contributed by atoms with Gasteiger partial charge in [0.25, 0.3) is 0 Å². The summed E-state index contributed by atoms with van der Waals surface area (Å²) < 4.78 is 0. The van der Waals surface area contributed by atoms with E-state index < -0.39 is 0 Å². The summed E-state index contributed by atoms with van der Waals surface area (Å²) in [6, 6.07) is 8.22. The Morgan fingerprint density at radius 2 is 1.90 bits per heavy atom. The van der Waals surface area contributed by atoms with E-state index in [0.29, 0.717) is 6.04 Å². The van der Waals surface area contributed by atoms with E-state index in [1.165, 1.54) is 0 Å². The number of nitrogens with zero attached hydrogens (tertiary/aromatic N) is 4. The minimum Gasteiger partial charge on any atom is -0.353 e. The smallest absolute Gasteiger partial charge is 0.237 e. The van der Waals surface area contributed by atoms with Gasteiger partial charge in [0.1, 0.15) is 17.0 Å². The van der Waals surface area contributed by atoms with Crippen LogP contribution in [-0.4, -0.2) is 59.0 Å². The van der Waals surface area contributed by atoms with Crippen LogP contribution in [0.15, 0.2) is 36.0 Å². The molecule has 2 aliphatic rings. The van der Waals surface area contributed by atoms with Crippen LogP contribution >= 0.6 is 22.9 Å². The highest BCUT2D eigenvalue weighted by atomic mass is 35.5. The Bertz CT molecular complexity index is 1060. The standard InChI is InChI=1S/C22H24ClN5OS/c1-14(21(29)26-17-6-7-17)27-8-10-28(11-9-27)20-19-18(12-30-22(19)25-13-24-20)15-2-4-16(23)5-3-15/h2-5,12-14,17H,6-11H2,1H3,(H,26,29). The zero-order valence-electron chi connectivity index (χ0n) is 16.8. The second-order valence-corrected chi connectivity index (χ2v) is 9.31. The van der Waals surface area contributed by atoms with Crippen molar-refractivity contribution in [1.29, 1.82) is 0 Å². The van der Waals surface area contributed by atoms with Crippen molar-refractivity contribution in [3.8, 4) is 11.1 Å². The molecule has 0 bridgehead atoms. The lowest BCUT2D eigenvalue weighted by atomic mass is 10.1. The van der Waals surface area contributed by atoms with E-state index in [1.54, 1.807) is 17.7 Å². The van der Waals surface area contributed by atoms with E-state index in [0.717, 1.165) is 71.2 Å². The number of hydrogen-bond acceptors (Lipinski definition) is 6. The number of anilines is 1. The second kappa shape index (κ2) is 8.13. The normalized spacial score (nSPS) is 18.5. The van der Waals surface area contributed by atoms with Gasteiger partial charge in [-0.25, -0.2) is 9.97 Å². The third-order valence-electron chi connectivity index (χ3n) is 5.97. The molecule has 1 aliphatic carbocycles. The Morgan fingerprint density at radius 1 is 1.17 bits per heavy atom. The third kappa shape index (κ3) is 3.89. The summed E-state index contributed by atoms with van der Waals surface area (Å²) >= 11 is 7.71. The van der Waals surface area contributed by atoms with Gasteiger partial charge in [-0.15, -0.1) is 11.3 Å².